The van der Waals surface area contributed by atoms with Crippen LogP contribution in [0.25, 0.3) is 11.6 Å². The van der Waals surface area contributed by atoms with E-state index in [9.17, 15) is 34.8 Å². The number of pyridine rings is 1. The summed E-state index contributed by atoms with van der Waals surface area (Å²) >= 11 is 0. The third kappa shape index (κ3) is 7.04. The summed E-state index contributed by atoms with van der Waals surface area (Å²) in [6.07, 6.45) is 4.48. The summed E-state index contributed by atoms with van der Waals surface area (Å²) in [6, 6.07) is 8.84. The summed E-state index contributed by atoms with van der Waals surface area (Å²) in [4.78, 5) is 43.0. The molecular formula is C31H38N2O9. The Morgan fingerprint density at radius 2 is 1.86 bits per heavy atom. The molecule has 2 aliphatic rings. The van der Waals surface area contributed by atoms with Crippen molar-refractivity contribution in [2.24, 2.45) is 17.8 Å². The van der Waals surface area contributed by atoms with Crippen LogP contribution in [0.15, 0.2) is 52.1 Å². The van der Waals surface area contributed by atoms with Gasteiger partial charge in [0.25, 0.3) is 0 Å². The molecule has 42 heavy (non-hydrogen) atoms. The van der Waals surface area contributed by atoms with Crippen LogP contribution in [0.4, 0.5) is 0 Å². The average Bonchev–Trinajstić information content (AvgIpc) is 3.55. The van der Waals surface area contributed by atoms with Gasteiger partial charge in [-0.25, -0.2) is 0 Å². The van der Waals surface area contributed by atoms with E-state index < -0.39 is 48.9 Å². The summed E-state index contributed by atoms with van der Waals surface area (Å²) in [5, 5.41) is 50.2. The molecule has 1 saturated heterocycles. The largest absolute Gasteiger partial charge is 0.481 e. The number of allylic oxidation sites excluding steroid dienone is 1. The second-order valence-corrected chi connectivity index (χ2v) is 10.8. The number of likely N-dealkylation sites (tertiary alicyclic amines) is 1. The minimum atomic E-state index is -1.10. The van der Waals surface area contributed by atoms with Crippen molar-refractivity contribution < 1.29 is 44.3 Å². The first kappa shape index (κ1) is 31.3. The maximum Gasteiger partial charge on any atom is 0.303 e. The van der Waals surface area contributed by atoms with E-state index in [1.807, 2.05) is 12.1 Å². The first-order valence-electron chi connectivity index (χ1n) is 14.3. The SMILES string of the molecule is O=C(O)CCCCCN1C(=O)[C@@H]2[C@@H](CC(CO)=C([C@H](O)CC/C(=C/c3ccc(CO)o3)c3ccccn3)[C@@H]2CO)C1=O. The lowest BCUT2D eigenvalue weighted by Crippen LogP contribution is -2.39. The Hall–Kier alpha value is -3.64. The second-order valence-electron chi connectivity index (χ2n) is 10.8. The topological polar surface area (TPSA) is 182 Å². The van der Waals surface area contributed by atoms with Gasteiger partial charge < -0.3 is 29.9 Å². The van der Waals surface area contributed by atoms with Crippen molar-refractivity contribution in [3.63, 3.8) is 0 Å². The van der Waals surface area contributed by atoms with Crippen molar-refractivity contribution in [2.45, 2.75) is 57.7 Å². The molecule has 3 heterocycles. The summed E-state index contributed by atoms with van der Waals surface area (Å²) in [5.74, 6) is -3.13. The zero-order valence-electron chi connectivity index (χ0n) is 23.4. The molecule has 1 fully saturated rings. The number of amides is 2. The molecule has 1 aliphatic carbocycles. The summed E-state index contributed by atoms with van der Waals surface area (Å²) in [6.45, 7) is -0.959. The number of furan rings is 1. The Balaban J connectivity index is 1.51. The molecular weight excluding hydrogens is 544 g/mol. The number of aliphatic carboxylic acids is 1. The number of nitrogens with zero attached hydrogens (tertiary/aromatic N) is 2. The predicted octanol–water partition coefficient (Wildman–Crippen LogP) is 2.40. The molecule has 2 aromatic rings. The highest BCUT2D eigenvalue weighted by molar-refractivity contribution is 6.05. The van der Waals surface area contributed by atoms with Gasteiger partial charge in [-0.1, -0.05) is 12.5 Å². The highest BCUT2D eigenvalue weighted by atomic mass is 16.4. The molecule has 0 bridgehead atoms. The number of hydrogen-bond donors (Lipinski definition) is 5. The number of aliphatic hydroxyl groups is 4. The van der Waals surface area contributed by atoms with Crippen molar-refractivity contribution in [1.29, 1.82) is 0 Å². The molecule has 4 rings (SSSR count). The third-order valence-electron chi connectivity index (χ3n) is 8.13. The molecule has 2 amide bonds. The van der Waals surface area contributed by atoms with Gasteiger partial charge >= 0.3 is 5.97 Å². The standard InChI is InChI=1S/C31H38N2O9/c34-16-20-15-23-29(31(41)33(30(23)40)13-5-1-2-7-27(38)39)24(18-36)28(20)26(37)11-8-19(25-6-3-4-12-32-25)14-21-9-10-22(17-35)42-21/h3-4,6,9-10,12,14,23-24,26,29,34-37H,1-2,5,7-8,11,13,15-18H2,(H,38,39)/b19-14-/t23-,24+,26-,29-/m1/s1. The quantitative estimate of drug-likeness (QED) is 0.119. The van der Waals surface area contributed by atoms with Gasteiger partial charge in [0, 0.05) is 25.1 Å². The highest BCUT2D eigenvalue weighted by Crippen LogP contribution is 2.46. The van der Waals surface area contributed by atoms with Crippen molar-refractivity contribution in [3.8, 4) is 0 Å². The van der Waals surface area contributed by atoms with E-state index in [-0.39, 0.29) is 38.3 Å². The molecule has 0 spiro atoms. The maximum absolute atomic E-state index is 13.4. The lowest BCUT2D eigenvalue weighted by atomic mass is 9.68. The molecule has 11 heteroatoms. The number of aliphatic hydroxyl groups excluding tert-OH is 4. The first-order valence-corrected chi connectivity index (χ1v) is 14.3. The highest BCUT2D eigenvalue weighted by Gasteiger charge is 2.54. The Morgan fingerprint density at radius 1 is 1.05 bits per heavy atom. The van der Waals surface area contributed by atoms with Gasteiger partial charge in [-0.2, -0.15) is 0 Å². The van der Waals surface area contributed by atoms with Crippen LogP contribution < -0.4 is 0 Å². The molecule has 0 unspecified atom stereocenters. The smallest absolute Gasteiger partial charge is 0.303 e. The lowest BCUT2D eigenvalue weighted by Gasteiger charge is -2.36. The number of fused-ring (bicyclic) bond motifs is 1. The van der Waals surface area contributed by atoms with Crippen LogP contribution in [0, 0.1) is 17.8 Å². The van der Waals surface area contributed by atoms with Crippen LogP contribution in [0.5, 0.6) is 0 Å². The molecule has 0 saturated carbocycles. The molecule has 0 aromatic carbocycles. The number of carbonyl (C=O) groups excluding carboxylic acids is 2. The lowest BCUT2D eigenvalue weighted by molar-refractivity contribution is -0.141. The molecule has 2 aromatic heterocycles. The van der Waals surface area contributed by atoms with E-state index in [1.165, 1.54) is 4.90 Å². The van der Waals surface area contributed by atoms with Gasteiger partial charge in [0.05, 0.1) is 36.8 Å². The van der Waals surface area contributed by atoms with E-state index in [1.54, 1.807) is 30.5 Å². The first-order chi connectivity index (χ1) is 20.3. The van der Waals surface area contributed by atoms with E-state index >= 15 is 0 Å². The molecule has 5 N–H and O–H groups in total. The number of aromatic nitrogens is 1. The van der Waals surface area contributed by atoms with Crippen LogP contribution in [0.3, 0.4) is 0 Å². The third-order valence-corrected chi connectivity index (χ3v) is 8.13. The average molecular weight is 583 g/mol. The van der Waals surface area contributed by atoms with E-state index in [0.717, 1.165) is 5.57 Å². The number of rotatable bonds is 15. The van der Waals surface area contributed by atoms with Crippen LogP contribution in [0.2, 0.25) is 0 Å². The van der Waals surface area contributed by atoms with Crippen molar-refractivity contribution >= 4 is 29.4 Å². The number of hydrogen-bond acceptors (Lipinski definition) is 9. The fraction of sp³-hybridized carbons (Fsp3) is 0.484. The number of carboxylic acid groups (broad SMARTS) is 1. The number of carboxylic acids is 1. The van der Waals surface area contributed by atoms with Gasteiger partial charge in [0.15, 0.2) is 0 Å². The van der Waals surface area contributed by atoms with Crippen LogP contribution in [0.1, 0.15) is 62.2 Å². The molecule has 11 nitrogen and oxygen atoms in total. The van der Waals surface area contributed by atoms with Gasteiger partial charge in [-0.05, 0) is 79.2 Å². The van der Waals surface area contributed by atoms with Crippen molar-refractivity contribution in [1.82, 2.24) is 9.88 Å². The Bertz CT molecular complexity index is 1320. The Labute approximate surface area is 243 Å². The summed E-state index contributed by atoms with van der Waals surface area (Å²) in [7, 11) is 0. The van der Waals surface area contributed by atoms with E-state index in [2.05, 4.69) is 4.98 Å². The molecule has 4 atom stereocenters. The van der Waals surface area contributed by atoms with Crippen LogP contribution >= 0.6 is 0 Å². The Kier molecular flexibility index (Phi) is 10.8. The fourth-order valence-electron chi connectivity index (χ4n) is 6.12. The molecule has 226 valence electrons. The van der Waals surface area contributed by atoms with Gasteiger partial charge in [-0.15, -0.1) is 0 Å². The zero-order valence-corrected chi connectivity index (χ0v) is 23.4. The number of imide groups is 1. The van der Waals surface area contributed by atoms with Crippen molar-refractivity contribution in [2.75, 3.05) is 19.8 Å². The van der Waals surface area contributed by atoms with Crippen LogP contribution in [-0.4, -0.2) is 79.1 Å². The normalized spacial score (nSPS) is 21.7. The predicted molar refractivity (Wildman–Crippen MR) is 151 cm³/mol. The zero-order chi connectivity index (χ0) is 30.2. The fourth-order valence-corrected chi connectivity index (χ4v) is 6.12. The van der Waals surface area contributed by atoms with Crippen molar-refractivity contribution in [3.05, 3.63) is 64.9 Å². The van der Waals surface area contributed by atoms with Crippen LogP contribution in [-0.2, 0) is 21.0 Å². The number of unbranched alkanes of at least 4 members (excludes halogenated alkanes) is 2. The molecule has 0 radical (unpaired) electrons. The molecule has 1 aliphatic heterocycles. The van der Waals surface area contributed by atoms with Gasteiger partial charge in [-0.3, -0.25) is 24.3 Å². The monoisotopic (exact) mass is 582 g/mol. The minimum absolute atomic E-state index is 0.0210. The van der Waals surface area contributed by atoms with Gasteiger partial charge in [0.2, 0.25) is 11.8 Å². The van der Waals surface area contributed by atoms with Gasteiger partial charge in [0.1, 0.15) is 18.1 Å². The Morgan fingerprint density at radius 3 is 2.50 bits per heavy atom. The van der Waals surface area contributed by atoms with E-state index in [0.29, 0.717) is 54.0 Å². The minimum Gasteiger partial charge on any atom is -0.481 e. The number of carbonyl (C=O) groups is 3. The summed E-state index contributed by atoms with van der Waals surface area (Å²) < 4.78 is 5.62. The van der Waals surface area contributed by atoms with E-state index in [4.69, 9.17) is 9.52 Å². The second kappa shape index (κ2) is 14.5. The summed E-state index contributed by atoms with van der Waals surface area (Å²) in [5.41, 5.74) is 2.27. The maximum atomic E-state index is 13.4.